The number of hydrogen-bond acceptors (Lipinski definition) is 6. The molecule has 8 nitrogen and oxygen atoms in total. The van der Waals surface area contributed by atoms with Crippen LogP contribution in [0.15, 0.2) is 156 Å². The molecule has 1 aliphatic heterocycles. The van der Waals surface area contributed by atoms with Crippen molar-refractivity contribution >= 4 is 55.4 Å². The van der Waals surface area contributed by atoms with E-state index in [1.54, 1.807) is 0 Å². The molecule has 0 bridgehead atoms. The van der Waals surface area contributed by atoms with Crippen molar-refractivity contribution in [1.82, 2.24) is 0 Å². The third-order valence-electron chi connectivity index (χ3n) is 13.7. The maximum Gasteiger partial charge on any atom is 0.295 e. The summed E-state index contributed by atoms with van der Waals surface area (Å²) in [6, 6.07) is 37.8. The highest BCUT2D eigenvalue weighted by molar-refractivity contribution is 7.86. The second-order valence-electron chi connectivity index (χ2n) is 18.2. The minimum Gasteiger partial charge on any atom is -0.456 e. The second-order valence-corrected chi connectivity index (χ2v) is 21.0. The predicted molar refractivity (Wildman–Crippen MR) is 271 cm³/mol. The molecule has 344 valence electrons. The summed E-state index contributed by atoms with van der Waals surface area (Å²) in [4.78, 5) is 0.897. The lowest BCUT2D eigenvalue weighted by atomic mass is 9.66. The molecule has 0 amide bonds. The van der Waals surface area contributed by atoms with E-state index < -0.39 is 30.0 Å². The minimum absolute atomic E-state index is 0.0434. The Bertz CT molecular complexity index is 3250. The number of nitrogens with zero attached hydrogens (tertiary/aromatic N) is 1. The molecule has 0 aromatic heterocycles. The average molecular weight is 932 g/mol. The van der Waals surface area contributed by atoms with Crippen molar-refractivity contribution in [2.24, 2.45) is 29.6 Å². The van der Waals surface area contributed by atoms with E-state index in [0.717, 1.165) is 69.4 Å². The van der Waals surface area contributed by atoms with Crippen molar-refractivity contribution < 1.29 is 30.7 Å². The first-order valence-electron chi connectivity index (χ1n) is 22.6. The monoisotopic (exact) mass is 931 g/mol. The van der Waals surface area contributed by atoms with Crippen LogP contribution in [0, 0.1) is 43.4 Å². The van der Waals surface area contributed by atoms with Gasteiger partial charge in [0.05, 0.1) is 4.90 Å². The molecule has 1 heterocycles. The number of aryl methyl sites for hydroxylation is 2. The van der Waals surface area contributed by atoms with Gasteiger partial charge < -0.3 is 9.64 Å². The van der Waals surface area contributed by atoms with E-state index in [1.807, 2.05) is 66.7 Å². The summed E-state index contributed by atoms with van der Waals surface area (Å²) in [7, 11) is -9.86. The maximum absolute atomic E-state index is 13.2. The minimum atomic E-state index is -5.03. The van der Waals surface area contributed by atoms with E-state index >= 15 is 0 Å². The Morgan fingerprint density at radius 3 is 2.00 bits per heavy atom. The number of allylic oxidation sites excluding steroid dienone is 2. The van der Waals surface area contributed by atoms with Crippen LogP contribution >= 0.6 is 0 Å². The maximum atomic E-state index is 13.2. The van der Waals surface area contributed by atoms with Gasteiger partial charge in [-0.2, -0.15) is 16.8 Å². The summed E-state index contributed by atoms with van der Waals surface area (Å²) in [5, 5.41) is 1.46. The number of fused-ring (bicyclic) bond motifs is 2. The van der Waals surface area contributed by atoms with Gasteiger partial charge in [0.2, 0.25) is 0 Å². The zero-order valence-corrected chi connectivity index (χ0v) is 40.2. The molecule has 0 spiro atoms. The Morgan fingerprint density at radius 2 is 1.39 bits per heavy atom. The topological polar surface area (TPSA) is 121 Å². The molecule has 2 aliphatic rings. The van der Waals surface area contributed by atoms with E-state index in [9.17, 15) is 25.9 Å². The van der Waals surface area contributed by atoms with Crippen molar-refractivity contribution in [1.29, 1.82) is 0 Å². The van der Waals surface area contributed by atoms with Crippen molar-refractivity contribution in [3.8, 4) is 11.5 Å². The normalized spacial score (nSPS) is 18.0. The molecule has 0 saturated heterocycles. The van der Waals surface area contributed by atoms with Crippen LogP contribution in [0.4, 0.5) is 11.4 Å². The van der Waals surface area contributed by atoms with Crippen LogP contribution < -0.4 is 20.1 Å². The SMILES string of the molecule is C=Cc1ccc(CC(/C=c2/ccc3c(c2)Oc2cc(N(Cc4ccc(C=C)cc4)c4c(C)cccc4C)ccc2C=3c2ccc(S(=O)(=O)O)cc2S(=O)(=O)O)C(C)C2C(C)C=CCC2C)cc1. The van der Waals surface area contributed by atoms with Gasteiger partial charge in [0.15, 0.2) is 0 Å². The largest absolute Gasteiger partial charge is 0.456 e. The lowest BCUT2D eigenvalue weighted by Crippen LogP contribution is -2.33. The molecule has 2 N–H and O–H groups in total. The van der Waals surface area contributed by atoms with Gasteiger partial charge in [-0.25, -0.2) is 0 Å². The van der Waals surface area contributed by atoms with Gasteiger partial charge in [0.1, 0.15) is 16.4 Å². The zero-order valence-electron chi connectivity index (χ0n) is 38.6. The Balaban J connectivity index is 1.34. The predicted octanol–water partition coefficient (Wildman–Crippen LogP) is 11.9. The smallest absolute Gasteiger partial charge is 0.295 e. The number of benzene rings is 6. The summed E-state index contributed by atoms with van der Waals surface area (Å²) in [6.45, 7) is 19.5. The Kier molecular flexibility index (Phi) is 13.5. The fourth-order valence-electron chi connectivity index (χ4n) is 10.3. The molecule has 0 radical (unpaired) electrons. The number of para-hydroxylation sites is 1. The molecular weight excluding hydrogens is 875 g/mol. The average Bonchev–Trinajstić information content (AvgIpc) is 3.29. The molecule has 8 rings (SSSR count). The van der Waals surface area contributed by atoms with Gasteiger partial charge in [-0.05, 0) is 131 Å². The van der Waals surface area contributed by atoms with Crippen LogP contribution in [0.5, 0.6) is 11.5 Å². The van der Waals surface area contributed by atoms with Gasteiger partial charge in [0.25, 0.3) is 20.2 Å². The van der Waals surface area contributed by atoms with E-state index in [-0.39, 0.29) is 11.5 Å². The van der Waals surface area contributed by atoms with Crippen LogP contribution in [0.2, 0.25) is 0 Å². The van der Waals surface area contributed by atoms with Crippen LogP contribution in [0.1, 0.15) is 71.7 Å². The lowest BCUT2D eigenvalue weighted by molar-refractivity contribution is 0.163. The summed E-state index contributed by atoms with van der Waals surface area (Å²) < 4.78 is 78.6. The fourth-order valence-corrected chi connectivity index (χ4v) is 11.6. The highest BCUT2D eigenvalue weighted by atomic mass is 32.2. The Hall–Kier alpha value is -6.30. The molecule has 5 unspecified atom stereocenters. The highest BCUT2D eigenvalue weighted by Crippen LogP contribution is 2.44. The Labute approximate surface area is 395 Å². The van der Waals surface area contributed by atoms with Crippen molar-refractivity contribution in [2.45, 2.75) is 63.8 Å². The molecule has 0 saturated carbocycles. The van der Waals surface area contributed by atoms with E-state index in [0.29, 0.717) is 58.1 Å². The van der Waals surface area contributed by atoms with Crippen LogP contribution in [-0.2, 0) is 33.2 Å². The van der Waals surface area contributed by atoms with Gasteiger partial charge in [-0.3, -0.25) is 9.11 Å². The molecule has 10 heteroatoms. The van der Waals surface area contributed by atoms with Crippen LogP contribution in [-0.4, -0.2) is 25.9 Å². The van der Waals surface area contributed by atoms with Gasteiger partial charge in [0, 0.05) is 45.9 Å². The van der Waals surface area contributed by atoms with Crippen LogP contribution in [0.25, 0.3) is 23.8 Å². The van der Waals surface area contributed by atoms with Gasteiger partial charge >= 0.3 is 0 Å². The molecular formula is C57H57NO7S2. The van der Waals surface area contributed by atoms with Crippen molar-refractivity contribution in [3.05, 3.63) is 202 Å². The van der Waals surface area contributed by atoms with E-state index in [2.05, 4.69) is 119 Å². The van der Waals surface area contributed by atoms with Crippen molar-refractivity contribution in [2.75, 3.05) is 4.90 Å². The quantitative estimate of drug-likeness (QED) is 0.0817. The number of anilines is 2. The highest BCUT2D eigenvalue weighted by Gasteiger charge is 2.34. The Morgan fingerprint density at radius 1 is 0.746 bits per heavy atom. The van der Waals surface area contributed by atoms with E-state index in [1.165, 1.54) is 11.6 Å². The summed E-state index contributed by atoms with van der Waals surface area (Å²) in [5.74, 6) is 2.68. The number of rotatable bonds is 14. The number of ether oxygens (including phenoxy) is 1. The molecule has 67 heavy (non-hydrogen) atoms. The fraction of sp³-hybridized carbons (Fsp3) is 0.228. The summed E-state index contributed by atoms with van der Waals surface area (Å²) in [6.07, 6.45) is 12.5. The van der Waals surface area contributed by atoms with Crippen molar-refractivity contribution in [3.63, 3.8) is 0 Å². The third kappa shape index (κ3) is 10.0. The lowest BCUT2D eigenvalue weighted by Gasteiger charge is -2.39. The zero-order chi connectivity index (χ0) is 47.8. The van der Waals surface area contributed by atoms with Gasteiger partial charge in [-0.1, -0.05) is 143 Å². The second kappa shape index (κ2) is 19.1. The number of hydrogen-bond donors (Lipinski definition) is 2. The van der Waals surface area contributed by atoms with Gasteiger partial charge in [-0.15, -0.1) is 0 Å². The summed E-state index contributed by atoms with van der Waals surface area (Å²) >= 11 is 0. The van der Waals surface area contributed by atoms with Crippen LogP contribution in [0.3, 0.4) is 0 Å². The molecule has 1 aliphatic carbocycles. The molecule has 0 fully saturated rings. The molecule has 6 aromatic carbocycles. The third-order valence-corrected chi connectivity index (χ3v) is 15.4. The molecule has 5 atom stereocenters. The first-order chi connectivity index (χ1) is 31.9. The molecule has 6 aromatic rings. The standard InChI is InChI=1S/C57H57NO7S2/c1-8-41-16-20-43(21-17-41)30-46(40(7)55-36(3)12-10-13-37(55)4)31-45-24-27-49-52(32-45)65-53-33-47(58(57-38(5)14-11-15-39(57)6)35-44-22-18-42(9-2)19-23-44)25-28-50(53)56(49)51-29-26-48(66(59,60)61)34-54(51)67(62,63)64/h8-12,14-29,31-34,36-37,40,46,55H,1-2,13,30,35H2,3-7H3,(H,59,60,61)(H,62,63,64)/b45-31-. The first kappa shape index (κ1) is 47.2. The first-order valence-corrected chi connectivity index (χ1v) is 25.5. The summed E-state index contributed by atoms with van der Waals surface area (Å²) in [5.41, 5.74) is 9.31. The van der Waals surface area contributed by atoms with E-state index in [4.69, 9.17) is 4.74 Å².